The normalized spacial score (nSPS) is 15.9. The highest BCUT2D eigenvalue weighted by atomic mass is 16.1. The molecule has 1 aliphatic rings. The van der Waals surface area contributed by atoms with Crippen LogP contribution >= 0.6 is 0 Å². The minimum atomic E-state index is 0.0573. The third-order valence-electron chi connectivity index (χ3n) is 6.52. The third kappa shape index (κ3) is 3.59. The van der Waals surface area contributed by atoms with Crippen molar-refractivity contribution in [3.63, 3.8) is 0 Å². The summed E-state index contributed by atoms with van der Waals surface area (Å²) in [6.07, 6.45) is 8.30. The third-order valence-corrected chi connectivity index (χ3v) is 6.52. The molecule has 0 unspecified atom stereocenters. The molecule has 1 atom stereocenters. The molecule has 162 valence electrons. The lowest BCUT2D eigenvalue weighted by Crippen LogP contribution is -2.21. The van der Waals surface area contributed by atoms with Crippen LogP contribution in [0.5, 0.6) is 0 Å². The van der Waals surface area contributed by atoms with E-state index in [1.165, 1.54) is 21.9 Å². The van der Waals surface area contributed by atoms with Gasteiger partial charge in [-0.3, -0.25) is 4.79 Å². The van der Waals surface area contributed by atoms with E-state index in [-0.39, 0.29) is 6.04 Å². The average molecular weight is 434 g/mol. The lowest BCUT2D eigenvalue weighted by atomic mass is 9.98. The number of benzene rings is 3. The second-order valence-electron chi connectivity index (χ2n) is 8.50. The van der Waals surface area contributed by atoms with Crippen LogP contribution in [-0.4, -0.2) is 37.8 Å². The van der Waals surface area contributed by atoms with Crippen molar-refractivity contribution < 1.29 is 4.79 Å². The fourth-order valence-electron chi connectivity index (χ4n) is 4.71. The van der Waals surface area contributed by atoms with Crippen molar-refractivity contribution in [1.82, 2.24) is 24.8 Å². The Labute approximate surface area is 191 Å². The van der Waals surface area contributed by atoms with Gasteiger partial charge in [0.2, 0.25) is 6.41 Å². The molecule has 1 aliphatic heterocycles. The maximum atomic E-state index is 11.3. The summed E-state index contributed by atoms with van der Waals surface area (Å²) in [7, 11) is 0. The van der Waals surface area contributed by atoms with Crippen LogP contribution in [0.15, 0.2) is 79.4 Å². The van der Waals surface area contributed by atoms with Gasteiger partial charge in [0, 0.05) is 12.1 Å². The summed E-state index contributed by atoms with van der Waals surface area (Å²) in [5.74, 6) is 0.864. The molecule has 6 nitrogen and oxygen atoms in total. The molecule has 33 heavy (non-hydrogen) atoms. The fourth-order valence-corrected chi connectivity index (χ4v) is 4.71. The van der Waals surface area contributed by atoms with Crippen molar-refractivity contribution in [2.24, 2.45) is 0 Å². The first kappa shape index (κ1) is 19.5. The van der Waals surface area contributed by atoms with E-state index in [9.17, 15) is 4.79 Å². The molecule has 5 aromatic rings. The lowest BCUT2D eigenvalue weighted by molar-refractivity contribution is -0.119. The molecule has 3 heterocycles. The van der Waals surface area contributed by atoms with E-state index >= 15 is 0 Å². The summed E-state index contributed by atoms with van der Waals surface area (Å²) in [5, 5.41) is 2.40. The number of rotatable bonds is 5. The molecular weight excluding hydrogens is 410 g/mol. The van der Waals surface area contributed by atoms with Gasteiger partial charge in [-0.05, 0) is 52.4 Å². The number of hydrogen-bond donors (Lipinski definition) is 2. The monoisotopic (exact) mass is 433 g/mol. The molecule has 0 spiro atoms. The highest BCUT2D eigenvalue weighted by molar-refractivity contribution is 5.90. The van der Waals surface area contributed by atoms with Gasteiger partial charge in [-0.15, -0.1) is 0 Å². The van der Waals surface area contributed by atoms with Gasteiger partial charge in [-0.1, -0.05) is 48.5 Å². The number of nitrogens with zero attached hydrogens (tertiary/aromatic N) is 3. The Morgan fingerprint density at radius 1 is 0.848 bits per heavy atom. The number of likely N-dealkylation sites (tertiary alicyclic amines) is 1. The van der Waals surface area contributed by atoms with Gasteiger partial charge in [0.05, 0.1) is 36.2 Å². The number of aromatic amines is 2. The minimum Gasteiger partial charge on any atom is -0.345 e. The van der Waals surface area contributed by atoms with Crippen LogP contribution in [-0.2, 0) is 4.79 Å². The lowest BCUT2D eigenvalue weighted by Gasteiger charge is -2.17. The predicted octanol–water partition coefficient (Wildman–Crippen LogP) is 5.58. The second-order valence-corrected chi connectivity index (χ2v) is 8.50. The molecule has 0 radical (unpaired) electrons. The SMILES string of the molecule is O=CN1CCC[C@H]1c1ncc(-c2ccc(-c3ccc4cc(-c5cnc[nH]5)ccc4c3)cc2)[nH]1. The van der Waals surface area contributed by atoms with Gasteiger partial charge in [0.1, 0.15) is 5.82 Å². The highest BCUT2D eigenvalue weighted by Gasteiger charge is 2.27. The Kier molecular flexibility index (Phi) is 4.76. The maximum absolute atomic E-state index is 11.3. The summed E-state index contributed by atoms with van der Waals surface area (Å²) in [6.45, 7) is 0.801. The zero-order valence-corrected chi connectivity index (χ0v) is 18.0. The molecule has 1 saturated heterocycles. The molecule has 0 bridgehead atoms. The highest BCUT2D eigenvalue weighted by Crippen LogP contribution is 2.32. The van der Waals surface area contributed by atoms with E-state index in [1.54, 1.807) is 6.33 Å². The van der Waals surface area contributed by atoms with Crippen molar-refractivity contribution >= 4 is 17.2 Å². The predicted molar refractivity (Wildman–Crippen MR) is 129 cm³/mol. The van der Waals surface area contributed by atoms with E-state index in [0.29, 0.717) is 0 Å². The van der Waals surface area contributed by atoms with Crippen LogP contribution in [0.4, 0.5) is 0 Å². The number of imidazole rings is 2. The number of amides is 1. The van der Waals surface area contributed by atoms with E-state index < -0.39 is 0 Å². The second kappa shape index (κ2) is 8.06. The number of nitrogens with one attached hydrogen (secondary N) is 2. The molecule has 3 aromatic carbocycles. The first-order valence-corrected chi connectivity index (χ1v) is 11.2. The minimum absolute atomic E-state index is 0.0573. The van der Waals surface area contributed by atoms with E-state index in [4.69, 9.17) is 0 Å². The average Bonchev–Trinajstić information content (AvgIpc) is 3.64. The van der Waals surface area contributed by atoms with Gasteiger partial charge in [-0.2, -0.15) is 0 Å². The number of fused-ring (bicyclic) bond motifs is 1. The van der Waals surface area contributed by atoms with Crippen molar-refractivity contribution in [3.8, 4) is 33.6 Å². The topological polar surface area (TPSA) is 77.7 Å². The van der Waals surface area contributed by atoms with Crippen molar-refractivity contribution in [2.45, 2.75) is 18.9 Å². The number of H-pyrrole nitrogens is 2. The largest absolute Gasteiger partial charge is 0.345 e. The number of carbonyl (C=O) groups is 1. The Balaban J connectivity index is 1.25. The summed E-state index contributed by atoms with van der Waals surface area (Å²) >= 11 is 0. The molecule has 2 aromatic heterocycles. The van der Waals surface area contributed by atoms with Gasteiger partial charge in [0.25, 0.3) is 0 Å². The fraction of sp³-hybridized carbons (Fsp3) is 0.148. The van der Waals surface area contributed by atoms with E-state index in [0.717, 1.165) is 54.1 Å². The molecule has 0 saturated carbocycles. The summed E-state index contributed by atoms with van der Waals surface area (Å²) in [5.41, 5.74) is 6.55. The Morgan fingerprint density at radius 2 is 1.58 bits per heavy atom. The quantitative estimate of drug-likeness (QED) is 0.355. The Morgan fingerprint density at radius 3 is 2.33 bits per heavy atom. The van der Waals surface area contributed by atoms with Gasteiger partial charge < -0.3 is 14.9 Å². The standard InChI is InChI=1S/C27H23N5O/c33-17-32-11-1-2-26(32)27-29-15-25(31-27)19-5-3-18(4-6-19)20-7-8-22-13-23(10-9-21(22)12-20)24-14-28-16-30-24/h3-10,12-17,26H,1-2,11H2,(H,28,30)(H,29,31)/t26-/m0/s1. The van der Waals surface area contributed by atoms with Crippen molar-refractivity contribution in [2.75, 3.05) is 6.54 Å². The van der Waals surface area contributed by atoms with Crippen LogP contribution in [0.1, 0.15) is 24.7 Å². The van der Waals surface area contributed by atoms with E-state index in [2.05, 4.69) is 80.6 Å². The van der Waals surface area contributed by atoms with Crippen molar-refractivity contribution in [3.05, 3.63) is 85.2 Å². The summed E-state index contributed by atoms with van der Waals surface area (Å²) < 4.78 is 0. The van der Waals surface area contributed by atoms with Crippen LogP contribution < -0.4 is 0 Å². The zero-order valence-electron chi connectivity index (χ0n) is 18.0. The van der Waals surface area contributed by atoms with Crippen LogP contribution in [0, 0.1) is 0 Å². The number of carbonyl (C=O) groups excluding carboxylic acids is 1. The first-order valence-electron chi connectivity index (χ1n) is 11.2. The summed E-state index contributed by atoms with van der Waals surface area (Å²) in [4.78, 5) is 28.3. The summed E-state index contributed by atoms with van der Waals surface area (Å²) in [6, 6.07) is 21.6. The molecule has 6 rings (SSSR count). The first-order chi connectivity index (χ1) is 16.3. The molecule has 6 heteroatoms. The van der Waals surface area contributed by atoms with Crippen LogP contribution in [0.3, 0.4) is 0 Å². The van der Waals surface area contributed by atoms with Crippen LogP contribution in [0.2, 0.25) is 0 Å². The van der Waals surface area contributed by atoms with Gasteiger partial charge in [-0.25, -0.2) is 9.97 Å². The van der Waals surface area contributed by atoms with Crippen LogP contribution in [0.25, 0.3) is 44.4 Å². The van der Waals surface area contributed by atoms with Gasteiger partial charge >= 0.3 is 0 Å². The molecule has 1 amide bonds. The molecule has 2 N–H and O–H groups in total. The number of hydrogen-bond acceptors (Lipinski definition) is 3. The Hall–Kier alpha value is -4.19. The smallest absolute Gasteiger partial charge is 0.210 e. The van der Waals surface area contributed by atoms with Gasteiger partial charge in [0.15, 0.2) is 0 Å². The molecular formula is C27H23N5O. The number of aromatic nitrogens is 4. The van der Waals surface area contributed by atoms with Crippen molar-refractivity contribution in [1.29, 1.82) is 0 Å². The zero-order chi connectivity index (χ0) is 22.2. The molecule has 1 fully saturated rings. The van der Waals surface area contributed by atoms with E-state index in [1.807, 2.05) is 17.3 Å². The Bertz CT molecular complexity index is 1420. The maximum Gasteiger partial charge on any atom is 0.210 e. The molecule has 0 aliphatic carbocycles.